The summed E-state index contributed by atoms with van der Waals surface area (Å²) in [6.07, 6.45) is -1.90. The number of phenolic OH excluding ortho intramolecular Hbond substituents is 1. The number of piperidine rings is 1. The van der Waals surface area contributed by atoms with Crippen molar-refractivity contribution in [3.05, 3.63) is 34.9 Å². The van der Waals surface area contributed by atoms with Gasteiger partial charge >= 0.3 is 6.18 Å². The first-order valence-electron chi connectivity index (χ1n) is 10.2. The Balaban J connectivity index is 0.00000122. The Hall–Kier alpha value is -3.41. The van der Waals surface area contributed by atoms with Gasteiger partial charge in [-0.3, -0.25) is 10.2 Å². The highest BCUT2D eigenvalue weighted by molar-refractivity contribution is 6.01. The monoisotopic (exact) mass is 467 g/mol. The summed E-state index contributed by atoms with van der Waals surface area (Å²) in [5.74, 6) is -0.677. The van der Waals surface area contributed by atoms with E-state index in [1.54, 1.807) is 6.92 Å². The summed E-state index contributed by atoms with van der Waals surface area (Å²) in [5.41, 5.74) is 4.29. The number of hydrogen-bond donors (Lipinski definition) is 5. The molecule has 0 bridgehead atoms. The number of likely N-dealkylation sites (N-methyl/N-ethyl adjacent to an activating group) is 1. The van der Waals surface area contributed by atoms with Gasteiger partial charge in [-0.25, -0.2) is 0 Å². The molecule has 6 N–H and O–H groups in total. The molecule has 2 heterocycles. The summed E-state index contributed by atoms with van der Waals surface area (Å²) in [5, 5.41) is 30.1. The van der Waals surface area contributed by atoms with E-state index in [1.165, 1.54) is 7.05 Å². The number of benzene rings is 1. The molecule has 1 fully saturated rings. The number of likely N-dealkylation sites (tertiary alicyclic amines) is 1. The van der Waals surface area contributed by atoms with Crippen LogP contribution in [0.3, 0.4) is 0 Å². The first-order chi connectivity index (χ1) is 15.5. The highest BCUT2D eigenvalue weighted by Crippen LogP contribution is 2.37. The summed E-state index contributed by atoms with van der Waals surface area (Å²) < 4.78 is 38.7. The molecule has 1 saturated heterocycles. The molecule has 1 atom stereocenters. The summed E-state index contributed by atoms with van der Waals surface area (Å²) in [6.45, 7) is 3.41. The normalized spacial score (nSPS) is 16.4. The average molecular weight is 467 g/mol. The van der Waals surface area contributed by atoms with E-state index < -0.39 is 23.4 Å². The lowest BCUT2D eigenvalue weighted by molar-refractivity contribution is -0.137. The Morgan fingerprint density at radius 2 is 2.03 bits per heavy atom. The number of amides is 1. The van der Waals surface area contributed by atoms with Gasteiger partial charge in [0.1, 0.15) is 11.4 Å². The molecule has 33 heavy (non-hydrogen) atoms. The molecule has 1 aromatic carbocycles. The Morgan fingerprint density at radius 1 is 1.36 bits per heavy atom. The zero-order valence-corrected chi connectivity index (χ0v) is 18.6. The van der Waals surface area contributed by atoms with Crippen LogP contribution in [-0.4, -0.2) is 65.7 Å². The van der Waals surface area contributed by atoms with Crippen LogP contribution in [0.2, 0.25) is 0 Å². The predicted octanol–water partition coefficient (Wildman–Crippen LogP) is 2.59. The minimum atomic E-state index is -4.58. The van der Waals surface area contributed by atoms with Crippen LogP contribution in [-0.2, 0) is 6.18 Å². The Bertz CT molecular complexity index is 999. The zero-order chi connectivity index (χ0) is 24.8. The molecule has 0 saturated carbocycles. The van der Waals surface area contributed by atoms with Crippen LogP contribution in [0.1, 0.15) is 34.3 Å². The lowest BCUT2D eigenvalue weighted by Gasteiger charge is -2.31. The van der Waals surface area contributed by atoms with Crippen molar-refractivity contribution >= 4 is 18.1 Å². The van der Waals surface area contributed by atoms with E-state index in [-0.39, 0.29) is 22.9 Å². The molecule has 180 valence electrons. The number of carbonyl (C=O) groups excluding carboxylic acids is 1. The lowest BCUT2D eigenvalue weighted by Crippen LogP contribution is -2.40. The first kappa shape index (κ1) is 25.8. The summed E-state index contributed by atoms with van der Waals surface area (Å²) in [4.78, 5) is 14.8. The molecule has 0 radical (unpaired) electrons. The van der Waals surface area contributed by atoms with Crippen molar-refractivity contribution in [3.63, 3.8) is 0 Å². The van der Waals surface area contributed by atoms with Gasteiger partial charge in [-0.1, -0.05) is 0 Å². The van der Waals surface area contributed by atoms with Crippen LogP contribution < -0.4 is 16.4 Å². The van der Waals surface area contributed by atoms with E-state index in [2.05, 4.69) is 31.5 Å². The van der Waals surface area contributed by atoms with Crippen LogP contribution in [0.25, 0.3) is 11.3 Å². The van der Waals surface area contributed by atoms with Crippen molar-refractivity contribution < 1.29 is 23.1 Å². The number of rotatable bonds is 4. The van der Waals surface area contributed by atoms with E-state index in [0.29, 0.717) is 17.4 Å². The predicted molar refractivity (Wildman–Crippen MR) is 119 cm³/mol. The van der Waals surface area contributed by atoms with Gasteiger partial charge in [0.05, 0.1) is 17.5 Å². The second-order valence-electron chi connectivity index (χ2n) is 7.62. The number of phenols is 1. The highest BCUT2D eigenvalue weighted by atomic mass is 19.4. The standard InChI is InChI=1S/C20H24F3N5O2.CH4N2/c1-11-16(19(30)24-2)18(25-13-5-4-8-28(3)10-13)27-26-17(11)14-7-6-12(9-15(14)29)20(21,22)23;2-1-3/h6-7,9,13,29H,4-5,8,10H2,1-3H3,(H,24,30)(H,25,27);1H,(H3,2,3). The molecule has 9 nitrogen and oxygen atoms in total. The third kappa shape index (κ3) is 6.31. The maximum absolute atomic E-state index is 12.9. The first-order valence-corrected chi connectivity index (χ1v) is 10.2. The Morgan fingerprint density at radius 3 is 2.58 bits per heavy atom. The average Bonchev–Trinajstić information content (AvgIpc) is 2.74. The van der Waals surface area contributed by atoms with Crippen LogP contribution in [0.4, 0.5) is 19.0 Å². The molecule has 1 amide bonds. The number of hydrogen-bond acceptors (Lipinski definition) is 7. The minimum absolute atomic E-state index is 0.0714. The van der Waals surface area contributed by atoms with Gasteiger partial charge in [0, 0.05) is 25.2 Å². The number of halogens is 3. The molecule has 3 rings (SSSR count). The molecule has 2 aromatic rings. The smallest absolute Gasteiger partial charge is 0.416 e. The summed E-state index contributed by atoms with van der Waals surface area (Å²) >= 11 is 0. The molecular weight excluding hydrogens is 439 g/mol. The number of carbonyl (C=O) groups is 1. The lowest BCUT2D eigenvalue weighted by atomic mass is 9.99. The summed E-state index contributed by atoms with van der Waals surface area (Å²) in [7, 11) is 3.50. The molecule has 1 aliphatic heterocycles. The second-order valence-corrected chi connectivity index (χ2v) is 7.62. The Labute approximate surface area is 189 Å². The highest BCUT2D eigenvalue weighted by Gasteiger charge is 2.32. The maximum atomic E-state index is 12.9. The molecule has 1 aliphatic rings. The van der Waals surface area contributed by atoms with Gasteiger partial charge in [-0.05, 0) is 57.1 Å². The van der Waals surface area contributed by atoms with Crippen LogP contribution in [0.15, 0.2) is 18.2 Å². The van der Waals surface area contributed by atoms with Crippen molar-refractivity contribution in [1.29, 1.82) is 5.41 Å². The third-order valence-corrected chi connectivity index (χ3v) is 5.22. The van der Waals surface area contributed by atoms with E-state index in [0.717, 1.165) is 44.4 Å². The van der Waals surface area contributed by atoms with Gasteiger partial charge in [0.15, 0.2) is 5.82 Å². The van der Waals surface area contributed by atoms with Crippen molar-refractivity contribution in [3.8, 4) is 17.0 Å². The fraction of sp³-hybridized carbons (Fsp3) is 0.429. The van der Waals surface area contributed by atoms with Crippen LogP contribution in [0, 0.1) is 12.3 Å². The van der Waals surface area contributed by atoms with Gasteiger partial charge in [0.2, 0.25) is 0 Å². The third-order valence-electron chi connectivity index (χ3n) is 5.22. The van der Waals surface area contributed by atoms with E-state index in [4.69, 9.17) is 5.41 Å². The van der Waals surface area contributed by atoms with Crippen molar-refractivity contribution in [2.45, 2.75) is 32.0 Å². The fourth-order valence-electron chi connectivity index (χ4n) is 3.67. The van der Waals surface area contributed by atoms with E-state index >= 15 is 0 Å². The van der Waals surface area contributed by atoms with E-state index in [1.807, 2.05) is 7.05 Å². The molecule has 12 heteroatoms. The van der Waals surface area contributed by atoms with Crippen molar-refractivity contribution in [1.82, 2.24) is 20.4 Å². The van der Waals surface area contributed by atoms with Crippen LogP contribution in [0.5, 0.6) is 5.75 Å². The van der Waals surface area contributed by atoms with Gasteiger partial charge < -0.3 is 26.4 Å². The number of aromatic nitrogens is 2. The molecule has 0 aliphatic carbocycles. The van der Waals surface area contributed by atoms with Gasteiger partial charge in [-0.2, -0.15) is 13.2 Å². The topological polar surface area (TPSA) is 140 Å². The maximum Gasteiger partial charge on any atom is 0.416 e. The summed E-state index contributed by atoms with van der Waals surface area (Å²) in [6, 6.07) is 2.72. The number of nitrogens with two attached hydrogens (primary N) is 1. The molecule has 1 unspecified atom stereocenters. The van der Waals surface area contributed by atoms with Crippen molar-refractivity contribution in [2.75, 3.05) is 32.5 Å². The number of nitrogens with zero attached hydrogens (tertiary/aromatic N) is 3. The Kier molecular flexibility index (Phi) is 8.57. The van der Waals surface area contributed by atoms with Crippen LogP contribution >= 0.6 is 0 Å². The van der Waals surface area contributed by atoms with Crippen molar-refractivity contribution in [2.24, 2.45) is 5.73 Å². The van der Waals surface area contributed by atoms with Gasteiger partial charge in [-0.15, -0.1) is 10.2 Å². The number of aromatic hydroxyl groups is 1. The second kappa shape index (κ2) is 10.9. The van der Waals surface area contributed by atoms with E-state index in [9.17, 15) is 23.1 Å². The minimum Gasteiger partial charge on any atom is -0.507 e. The largest absolute Gasteiger partial charge is 0.507 e. The molecule has 1 aromatic heterocycles. The number of nitrogens with one attached hydrogen (secondary N) is 3. The molecular formula is C21H28F3N7O2. The number of alkyl halides is 3. The van der Waals surface area contributed by atoms with Gasteiger partial charge in [0.25, 0.3) is 5.91 Å². The fourth-order valence-corrected chi connectivity index (χ4v) is 3.67. The zero-order valence-electron chi connectivity index (χ0n) is 18.6. The quantitative estimate of drug-likeness (QED) is 0.344. The molecule has 0 spiro atoms. The SMILES string of the molecule is CNC(=O)c1c(NC2CCCN(C)C2)nnc(-c2ccc(C(F)(F)F)cc2O)c1C.N=CN. The number of anilines is 1.